The standard InChI is InChI=1S/C44H58N8O2Se2/c45-35(43(53)49-21-23-51-41(39(49)25-31-13-5-1-6-14-31)27-37(47-51)33-17-9-3-10-18-33)29-55-56-30-36(46)44(54)50-22-24-52-42(40(50)26-32-15-7-2-8-16-32)28-38(48-52)34-19-11-4-12-20-34/h3-4,9-12,17-20,27-28,31-32,35-36,39-40H,1-2,5-8,13-16,21-26,29-30,45-46H2/t35-,36-,39?,40?/m0/s1. The van der Waals surface area contributed by atoms with Gasteiger partial charge in [-0.1, -0.05) is 0 Å². The normalized spacial score (nSPS) is 21.7. The van der Waals surface area contributed by atoms with Crippen LogP contribution in [0.4, 0.5) is 0 Å². The molecule has 12 heteroatoms. The maximum absolute atomic E-state index is 14.2. The summed E-state index contributed by atoms with van der Waals surface area (Å²) in [6.07, 6.45) is 14.6. The van der Waals surface area contributed by atoms with Crippen molar-refractivity contribution in [2.75, 3.05) is 13.1 Å². The van der Waals surface area contributed by atoms with Gasteiger partial charge in [0, 0.05) is 0 Å². The number of fused-ring (bicyclic) bond motifs is 2. The van der Waals surface area contributed by atoms with Crippen molar-refractivity contribution < 1.29 is 9.59 Å². The van der Waals surface area contributed by atoms with Crippen LogP contribution in [-0.2, 0) is 22.7 Å². The zero-order valence-electron chi connectivity index (χ0n) is 32.6. The topological polar surface area (TPSA) is 128 Å². The predicted octanol–water partition coefficient (Wildman–Crippen LogP) is 6.64. The summed E-state index contributed by atoms with van der Waals surface area (Å²) in [5, 5.41) is 11.3. The van der Waals surface area contributed by atoms with Crippen molar-refractivity contribution in [3.8, 4) is 22.5 Å². The van der Waals surface area contributed by atoms with Crippen molar-refractivity contribution in [3.05, 3.63) is 84.2 Å². The van der Waals surface area contributed by atoms with Crippen LogP contribution in [0.15, 0.2) is 72.8 Å². The molecule has 4 N–H and O–H groups in total. The molecule has 8 rings (SSSR count). The molecule has 2 unspecified atom stereocenters. The van der Waals surface area contributed by atoms with Gasteiger partial charge in [-0.15, -0.1) is 0 Å². The van der Waals surface area contributed by atoms with Crippen molar-refractivity contribution >= 4 is 38.1 Å². The SMILES string of the molecule is N[C@@H](C[Se][Se]C[C@H](N)C(=O)N1CCn2nc(-c3ccccc3)cc2C1CC1CCCCC1)C(=O)N1CCn2nc(-c3ccccc3)cc2C1CC1CCCCC1. The third-order valence-corrected chi connectivity index (χ3v) is 19.9. The molecular formula is C44H58N8O2Se2. The van der Waals surface area contributed by atoms with Gasteiger partial charge in [0.2, 0.25) is 0 Å². The van der Waals surface area contributed by atoms with E-state index in [1.54, 1.807) is 0 Å². The Kier molecular flexibility index (Phi) is 13.1. The fourth-order valence-electron chi connectivity index (χ4n) is 9.61. The Balaban J connectivity index is 0.891. The first-order valence-corrected chi connectivity index (χ1v) is 27.8. The Morgan fingerprint density at radius 2 is 0.982 bits per heavy atom. The Hall–Kier alpha value is -3.24. The summed E-state index contributed by atoms with van der Waals surface area (Å²) in [5.74, 6) is 1.34. The number of nitrogens with zero attached hydrogens (tertiary/aromatic N) is 6. The van der Waals surface area contributed by atoms with Crippen LogP contribution in [-0.4, -0.2) is 92.6 Å². The monoisotopic (exact) mass is 890 g/mol. The summed E-state index contributed by atoms with van der Waals surface area (Å²) >= 11 is 0.312. The van der Waals surface area contributed by atoms with Gasteiger partial charge in [-0.2, -0.15) is 0 Å². The van der Waals surface area contributed by atoms with Crippen LogP contribution in [0.2, 0.25) is 10.6 Å². The predicted molar refractivity (Wildman–Crippen MR) is 224 cm³/mol. The number of hydrogen-bond donors (Lipinski definition) is 2. The van der Waals surface area contributed by atoms with Gasteiger partial charge in [0.1, 0.15) is 0 Å². The molecule has 4 heterocycles. The van der Waals surface area contributed by atoms with Crippen LogP contribution in [0.1, 0.15) is 101 Å². The van der Waals surface area contributed by atoms with E-state index in [-0.39, 0.29) is 50.2 Å². The summed E-state index contributed by atoms with van der Waals surface area (Å²) < 4.78 is 4.27. The zero-order valence-corrected chi connectivity index (χ0v) is 36.0. The van der Waals surface area contributed by atoms with Gasteiger partial charge in [0.25, 0.3) is 0 Å². The molecule has 298 valence electrons. The quantitative estimate of drug-likeness (QED) is 0.115. The average molecular weight is 889 g/mol. The average Bonchev–Trinajstić information content (AvgIpc) is 3.89. The number of rotatable bonds is 13. The van der Waals surface area contributed by atoms with Gasteiger partial charge >= 0.3 is 345 Å². The summed E-state index contributed by atoms with van der Waals surface area (Å²) in [4.78, 5) is 32.5. The fourth-order valence-corrected chi connectivity index (χ4v) is 16.5. The van der Waals surface area contributed by atoms with Crippen molar-refractivity contribution in [3.63, 3.8) is 0 Å². The molecule has 4 aliphatic rings. The second-order valence-corrected chi connectivity index (χ2v) is 24.0. The first-order valence-electron chi connectivity index (χ1n) is 21.1. The van der Waals surface area contributed by atoms with E-state index in [0.29, 0.717) is 48.7 Å². The molecule has 2 aromatic carbocycles. The molecule has 0 spiro atoms. The van der Waals surface area contributed by atoms with Gasteiger partial charge in [-0.3, -0.25) is 0 Å². The molecule has 4 atom stereocenters. The van der Waals surface area contributed by atoms with E-state index < -0.39 is 12.1 Å². The number of nitrogens with two attached hydrogens (primary N) is 2. The molecule has 2 amide bonds. The third-order valence-electron chi connectivity index (χ3n) is 12.6. The zero-order chi connectivity index (χ0) is 38.4. The molecule has 0 saturated heterocycles. The van der Waals surface area contributed by atoms with E-state index in [4.69, 9.17) is 21.7 Å². The molecule has 0 radical (unpaired) electrons. The van der Waals surface area contributed by atoms with E-state index in [1.165, 1.54) is 64.2 Å². The first-order chi connectivity index (χ1) is 27.4. The second kappa shape index (κ2) is 18.6. The summed E-state index contributed by atoms with van der Waals surface area (Å²) in [6.45, 7) is 2.63. The van der Waals surface area contributed by atoms with Gasteiger partial charge in [-0.25, -0.2) is 0 Å². The van der Waals surface area contributed by atoms with E-state index in [2.05, 4.69) is 55.6 Å². The summed E-state index contributed by atoms with van der Waals surface area (Å²) in [5.41, 5.74) is 19.9. The van der Waals surface area contributed by atoms with Gasteiger partial charge in [-0.05, 0) is 0 Å². The van der Waals surface area contributed by atoms with Gasteiger partial charge in [0.05, 0.1) is 0 Å². The Morgan fingerprint density at radius 1 is 0.589 bits per heavy atom. The van der Waals surface area contributed by atoms with Crippen LogP contribution in [0.25, 0.3) is 22.5 Å². The van der Waals surface area contributed by atoms with Crippen LogP contribution in [0, 0.1) is 11.8 Å². The molecule has 4 aromatic rings. The van der Waals surface area contributed by atoms with Gasteiger partial charge < -0.3 is 0 Å². The molecule has 2 aliphatic carbocycles. The number of benzene rings is 2. The van der Waals surface area contributed by atoms with E-state index in [9.17, 15) is 9.59 Å². The number of aromatic nitrogens is 4. The molecule has 2 aliphatic heterocycles. The van der Waals surface area contributed by atoms with Crippen molar-refractivity contribution in [2.24, 2.45) is 23.3 Å². The fraction of sp³-hybridized carbons (Fsp3) is 0.545. The van der Waals surface area contributed by atoms with Crippen molar-refractivity contribution in [2.45, 2.75) is 125 Å². The minimum atomic E-state index is -0.540. The van der Waals surface area contributed by atoms with E-state index in [0.717, 1.165) is 46.7 Å². The molecule has 56 heavy (non-hydrogen) atoms. The number of amides is 2. The molecule has 2 saturated carbocycles. The van der Waals surface area contributed by atoms with Crippen LogP contribution in [0.5, 0.6) is 0 Å². The number of carbonyl (C=O) groups excluding carboxylic acids is 2. The van der Waals surface area contributed by atoms with Crippen LogP contribution in [0.3, 0.4) is 0 Å². The first kappa shape index (κ1) is 39.6. The van der Waals surface area contributed by atoms with Gasteiger partial charge in [0.15, 0.2) is 0 Å². The van der Waals surface area contributed by atoms with E-state index in [1.807, 2.05) is 36.4 Å². The minimum absolute atomic E-state index is 0.00871. The molecular weight excluding hydrogens is 830 g/mol. The third kappa shape index (κ3) is 9.06. The number of carbonyl (C=O) groups is 2. The summed E-state index contributed by atoms with van der Waals surface area (Å²) in [7, 11) is 0. The van der Waals surface area contributed by atoms with Crippen molar-refractivity contribution in [1.82, 2.24) is 29.4 Å². The van der Waals surface area contributed by atoms with Crippen LogP contribution >= 0.6 is 0 Å². The maximum atomic E-state index is 14.2. The summed E-state index contributed by atoms with van der Waals surface area (Å²) in [6, 6.07) is 24.0. The van der Waals surface area contributed by atoms with Crippen molar-refractivity contribution in [1.29, 1.82) is 0 Å². The Labute approximate surface area is 343 Å². The van der Waals surface area contributed by atoms with Crippen LogP contribution < -0.4 is 11.5 Å². The number of hydrogen-bond acceptors (Lipinski definition) is 6. The molecule has 2 aromatic heterocycles. The molecule has 0 bridgehead atoms. The Bertz CT molecular complexity index is 1770. The van der Waals surface area contributed by atoms with E-state index >= 15 is 0 Å². The molecule has 2 fully saturated rings. The molecule has 10 nitrogen and oxygen atoms in total. The second-order valence-electron chi connectivity index (χ2n) is 16.4. The Morgan fingerprint density at radius 3 is 1.38 bits per heavy atom.